The predicted molar refractivity (Wildman–Crippen MR) is 31.9 cm³/mol. The van der Waals surface area contributed by atoms with Crippen LogP contribution >= 0.6 is 11.6 Å². The predicted octanol–water partition coefficient (Wildman–Crippen LogP) is -0.331. The molecule has 1 aliphatic heterocycles. The fraction of sp³-hybridized carbons (Fsp3) is 0. The van der Waals surface area contributed by atoms with Crippen molar-refractivity contribution in [2.45, 2.75) is 0 Å². The lowest BCUT2D eigenvalue weighted by Crippen LogP contribution is -2.38. The molecule has 9 heavy (non-hydrogen) atoms. The Balaban J connectivity index is 2.57. The van der Waals surface area contributed by atoms with Crippen LogP contribution in [-0.2, 0) is 4.84 Å². The molecule has 0 bridgehead atoms. The molecule has 0 saturated carbocycles. The summed E-state index contributed by atoms with van der Waals surface area (Å²) in [5.41, 5.74) is 7.29. The van der Waals surface area contributed by atoms with Gasteiger partial charge in [0.05, 0.1) is 6.20 Å². The van der Waals surface area contributed by atoms with Gasteiger partial charge in [0.1, 0.15) is 0 Å². The van der Waals surface area contributed by atoms with E-state index in [2.05, 4.69) is 10.4 Å². The number of rotatable bonds is 0. The van der Waals surface area contributed by atoms with Gasteiger partial charge in [0.25, 0.3) is 0 Å². The summed E-state index contributed by atoms with van der Waals surface area (Å²) in [5, 5.41) is 8.14. The Bertz CT molecular complexity index is 167. The van der Waals surface area contributed by atoms with Crippen LogP contribution in [0, 0.1) is 5.41 Å². The van der Waals surface area contributed by atoms with Crippen molar-refractivity contribution < 1.29 is 4.84 Å². The van der Waals surface area contributed by atoms with E-state index in [4.69, 9.17) is 22.7 Å². The Labute approximate surface area is 56.4 Å². The van der Waals surface area contributed by atoms with Crippen LogP contribution in [0.5, 0.6) is 0 Å². The number of halogens is 1. The zero-order valence-corrected chi connectivity index (χ0v) is 5.14. The Morgan fingerprint density at radius 1 is 2.00 bits per heavy atom. The van der Waals surface area contributed by atoms with Gasteiger partial charge in [0, 0.05) is 0 Å². The molecular weight excluding hydrogens is 144 g/mol. The average molecular weight is 149 g/mol. The number of nitrogens with two attached hydrogens (primary N) is 1. The summed E-state index contributed by atoms with van der Waals surface area (Å²) >= 11 is 5.33. The zero-order valence-electron chi connectivity index (χ0n) is 4.39. The maximum atomic E-state index is 6.84. The summed E-state index contributed by atoms with van der Waals surface area (Å²) < 4.78 is 0. The summed E-state index contributed by atoms with van der Waals surface area (Å²) in [4.78, 5) is 4.51. The Morgan fingerprint density at radius 3 is 2.89 bits per heavy atom. The summed E-state index contributed by atoms with van der Waals surface area (Å²) in [6.45, 7) is 0. The van der Waals surface area contributed by atoms with E-state index in [1.807, 2.05) is 0 Å². The molecule has 0 aromatic rings. The van der Waals surface area contributed by atoms with Gasteiger partial charge in [-0.2, -0.15) is 0 Å². The number of hydrogen-bond acceptors (Lipinski definition) is 3. The molecule has 6 heteroatoms. The first kappa shape index (κ1) is 6.18. The van der Waals surface area contributed by atoms with Gasteiger partial charge in [-0.15, -0.1) is 0 Å². The highest BCUT2D eigenvalue weighted by molar-refractivity contribution is 6.28. The van der Waals surface area contributed by atoms with Crippen molar-refractivity contribution in [3.05, 3.63) is 11.4 Å². The van der Waals surface area contributed by atoms with Crippen LogP contribution in [0.15, 0.2) is 11.4 Å². The lowest BCUT2D eigenvalue weighted by molar-refractivity contribution is 0.0685. The first-order chi connectivity index (χ1) is 4.20. The van der Waals surface area contributed by atoms with Gasteiger partial charge < -0.3 is 10.6 Å². The molecule has 1 heterocycles. The SMILES string of the molecule is N=C(N)N1C=C(Cl)ON1. The third-order valence-electron chi connectivity index (χ3n) is 0.732. The summed E-state index contributed by atoms with van der Waals surface area (Å²) in [7, 11) is 0. The van der Waals surface area contributed by atoms with Crippen molar-refractivity contribution in [3.63, 3.8) is 0 Å². The molecule has 0 amide bonds. The molecule has 1 aliphatic rings. The second-order valence-corrected chi connectivity index (χ2v) is 1.75. The smallest absolute Gasteiger partial charge is 0.233 e. The molecule has 1 rings (SSSR count). The third kappa shape index (κ3) is 1.24. The Morgan fingerprint density at radius 2 is 2.67 bits per heavy atom. The largest absolute Gasteiger partial charge is 0.375 e. The van der Waals surface area contributed by atoms with E-state index in [0.717, 1.165) is 5.01 Å². The molecule has 0 atom stereocenters. The standard InChI is InChI=1S/C3H5ClN4O/c4-2-1-8(3(5)6)7-9-2/h1,7H,(H3,5,6). The number of hydrazine groups is 1. The van der Waals surface area contributed by atoms with E-state index in [-0.39, 0.29) is 11.2 Å². The monoisotopic (exact) mass is 148 g/mol. The van der Waals surface area contributed by atoms with Crippen LogP contribution in [0.3, 0.4) is 0 Å². The fourth-order valence-electron chi connectivity index (χ4n) is 0.366. The van der Waals surface area contributed by atoms with Gasteiger partial charge in [-0.25, -0.2) is 5.01 Å². The summed E-state index contributed by atoms with van der Waals surface area (Å²) in [5.74, 6) is -0.175. The lowest BCUT2D eigenvalue weighted by Gasteiger charge is -2.08. The van der Waals surface area contributed by atoms with E-state index in [1.54, 1.807) is 0 Å². The first-order valence-corrected chi connectivity index (χ1v) is 2.51. The number of nitrogens with zero attached hydrogens (tertiary/aromatic N) is 1. The van der Waals surface area contributed by atoms with Gasteiger partial charge in [-0.1, -0.05) is 5.59 Å². The average Bonchev–Trinajstić information content (AvgIpc) is 2.14. The molecule has 0 aromatic heterocycles. The van der Waals surface area contributed by atoms with Crippen LogP contribution in [0.25, 0.3) is 0 Å². The van der Waals surface area contributed by atoms with E-state index in [0.29, 0.717) is 0 Å². The molecule has 0 spiro atoms. The zero-order chi connectivity index (χ0) is 6.85. The van der Waals surface area contributed by atoms with Crippen molar-refractivity contribution in [2.75, 3.05) is 0 Å². The highest BCUT2D eigenvalue weighted by atomic mass is 35.5. The maximum Gasteiger partial charge on any atom is 0.233 e. The number of guanidine groups is 1. The minimum absolute atomic E-state index is 0.158. The first-order valence-electron chi connectivity index (χ1n) is 2.13. The molecule has 0 unspecified atom stereocenters. The van der Waals surface area contributed by atoms with E-state index in [1.165, 1.54) is 6.20 Å². The molecule has 0 saturated heterocycles. The minimum Gasteiger partial charge on any atom is -0.375 e. The lowest BCUT2D eigenvalue weighted by atomic mass is 10.8. The highest BCUT2D eigenvalue weighted by Crippen LogP contribution is 2.08. The van der Waals surface area contributed by atoms with Crippen LogP contribution < -0.4 is 11.3 Å². The highest BCUT2D eigenvalue weighted by Gasteiger charge is 2.12. The van der Waals surface area contributed by atoms with E-state index in [9.17, 15) is 0 Å². The minimum atomic E-state index is -0.175. The van der Waals surface area contributed by atoms with Gasteiger partial charge in [0.2, 0.25) is 11.2 Å². The molecule has 0 aliphatic carbocycles. The number of nitrogens with one attached hydrogen (secondary N) is 2. The molecule has 50 valence electrons. The quantitative estimate of drug-likeness (QED) is 0.325. The van der Waals surface area contributed by atoms with Crippen LogP contribution in [0.2, 0.25) is 0 Å². The van der Waals surface area contributed by atoms with E-state index < -0.39 is 0 Å². The van der Waals surface area contributed by atoms with Crippen molar-refractivity contribution >= 4 is 17.6 Å². The van der Waals surface area contributed by atoms with Gasteiger partial charge in [-0.3, -0.25) is 5.41 Å². The van der Waals surface area contributed by atoms with Crippen molar-refractivity contribution in [2.24, 2.45) is 5.73 Å². The van der Waals surface area contributed by atoms with Crippen LogP contribution in [0.4, 0.5) is 0 Å². The Kier molecular flexibility index (Phi) is 1.46. The number of hydrogen-bond donors (Lipinski definition) is 3. The fourth-order valence-corrected chi connectivity index (χ4v) is 0.498. The van der Waals surface area contributed by atoms with E-state index >= 15 is 0 Å². The second kappa shape index (κ2) is 2.12. The van der Waals surface area contributed by atoms with Crippen molar-refractivity contribution in [1.82, 2.24) is 10.6 Å². The van der Waals surface area contributed by atoms with Gasteiger partial charge in [0.15, 0.2) is 0 Å². The van der Waals surface area contributed by atoms with Crippen LogP contribution in [0.1, 0.15) is 0 Å². The molecule has 4 N–H and O–H groups in total. The van der Waals surface area contributed by atoms with Gasteiger partial charge >= 0.3 is 0 Å². The summed E-state index contributed by atoms with van der Waals surface area (Å²) in [6, 6.07) is 0. The molecular formula is C3H5ClN4O. The molecule has 0 aromatic carbocycles. The topological polar surface area (TPSA) is 74.4 Å². The van der Waals surface area contributed by atoms with Crippen molar-refractivity contribution in [1.29, 1.82) is 5.41 Å². The molecule has 0 radical (unpaired) electrons. The third-order valence-corrected chi connectivity index (χ3v) is 0.906. The molecule has 5 nitrogen and oxygen atoms in total. The Hall–Kier alpha value is -0.940. The normalized spacial score (nSPS) is 17.0. The second-order valence-electron chi connectivity index (χ2n) is 1.38. The molecule has 0 fully saturated rings. The van der Waals surface area contributed by atoms with Crippen molar-refractivity contribution in [3.8, 4) is 0 Å². The summed E-state index contributed by atoms with van der Waals surface area (Å²) in [6.07, 6.45) is 1.35. The maximum absolute atomic E-state index is 6.84. The van der Waals surface area contributed by atoms with Crippen LogP contribution in [-0.4, -0.2) is 11.0 Å². The van der Waals surface area contributed by atoms with Gasteiger partial charge in [-0.05, 0) is 11.6 Å².